The second-order valence-corrected chi connectivity index (χ2v) is 10.7. The van der Waals surface area contributed by atoms with Gasteiger partial charge in [0.25, 0.3) is 5.91 Å². The predicted molar refractivity (Wildman–Crippen MR) is 153 cm³/mol. The second-order valence-electron chi connectivity index (χ2n) is 10.3. The second kappa shape index (κ2) is 11.0. The van der Waals surface area contributed by atoms with Gasteiger partial charge in [-0.15, -0.1) is 0 Å². The number of rotatable bonds is 7. The van der Waals surface area contributed by atoms with Crippen molar-refractivity contribution in [3.05, 3.63) is 106 Å². The quantitative estimate of drug-likeness (QED) is 0.314. The first-order chi connectivity index (χ1) is 19.0. The van der Waals surface area contributed by atoms with Crippen LogP contribution in [0.3, 0.4) is 0 Å². The van der Waals surface area contributed by atoms with Crippen LogP contribution in [0.4, 0.5) is 0 Å². The number of amides is 1. The minimum atomic E-state index is -0.271. The molecule has 2 aromatic heterocycles. The number of H-pyrrole nitrogens is 1. The van der Waals surface area contributed by atoms with Gasteiger partial charge in [-0.1, -0.05) is 42.3 Å². The van der Waals surface area contributed by atoms with Crippen molar-refractivity contribution in [1.82, 2.24) is 25.0 Å². The van der Waals surface area contributed by atoms with Crippen molar-refractivity contribution in [3.63, 3.8) is 0 Å². The summed E-state index contributed by atoms with van der Waals surface area (Å²) in [5.41, 5.74) is 5.69. The molecular formula is C31H30ClN5O2. The zero-order valence-corrected chi connectivity index (χ0v) is 22.4. The summed E-state index contributed by atoms with van der Waals surface area (Å²) >= 11 is 5.96. The fourth-order valence-corrected chi connectivity index (χ4v) is 5.40. The van der Waals surface area contributed by atoms with Gasteiger partial charge in [0, 0.05) is 46.4 Å². The summed E-state index contributed by atoms with van der Waals surface area (Å²) in [7, 11) is 0. The number of aromatic nitrogens is 3. The summed E-state index contributed by atoms with van der Waals surface area (Å²) in [5, 5.41) is 9.01. The van der Waals surface area contributed by atoms with E-state index < -0.39 is 0 Å². The maximum absolute atomic E-state index is 12.9. The summed E-state index contributed by atoms with van der Waals surface area (Å²) in [6.07, 6.45) is 10.8. The molecule has 2 N–H and O–H groups in total. The molecule has 0 radical (unpaired) electrons. The standard InChI is InChI=1S/C31H30ClN5O2/c32-25-7-4-21(5-8-25)19-37-20-24(17-33-37)31(39)34-26-9-11-30(38)27(16-26)29-15-23-14-22(6-10-28(23)35-29)18-36-12-2-1-3-13-36/h4-10,14-17,20,35H,1-3,11-13,18-19H2,(H,34,39). The van der Waals surface area contributed by atoms with E-state index in [1.54, 1.807) is 29.2 Å². The average Bonchev–Trinajstić information content (AvgIpc) is 3.59. The zero-order valence-electron chi connectivity index (χ0n) is 21.6. The number of halogens is 1. The molecule has 4 aromatic rings. The van der Waals surface area contributed by atoms with E-state index in [4.69, 9.17) is 11.6 Å². The molecule has 3 heterocycles. The molecule has 0 spiro atoms. The number of nitrogens with one attached hydrogen (secondary N) is 2. The zero-order chi connectivity index (χ0) is 26.8. The van der Waals surface area contributed by atoms with Crippen LogP contribution in [0, 0.1) is 0 Å². The van der Waals surface area contributed by atoms with Crippen molar-refractivity contribution in [2.75, 3.05) is 13.1 Å². The Labute approximate surface area is 232 Å². The molecule has 1 amide bonds. The highest BCUT2D eigenvalue weighted by molar-refractivity contribution is 6.30. The minimum absolute atomic E-state index is 0.0175. The van der Waals surface area contributed by atoms with Crippen LogP contribution in [0.25, 0.3) is 16.5 Å². The monoisotopic (exact) mass is 539 g/mol. The Morgan fingerprint density at radius 2 is 1.79 bits per heavy atom. The number of carbonyl (C=O) groups is 2. The van der Waals surface area contributed by atoms with Gasteiger partial charge in [-0.3, -0.25) is 19.2 Å². The van der Waals surface area contributed by atoms with Gasteiger partial charge < -0.3 is 10.3 Å². The molecule has 2 aliphatic rings. The van der Waals surface area contributed by atoms with E-state index in [-0.39, 0.29) is 18.1 Å². The lowest BCUT2D eigenvalue weighted by atomic mass is 9.98. The van der Waals surface area contributed by atoms with E-state index in [0.717, 1.165) is 41.8 Å². The van der Waals surface area contributed by atoms with Crippen LogP contribution in [0.2, 0.25) is 5.02 Å². The van der Waals surface area contributed by atoms with Gasteiger partial charge >= 0.3 is 0 Å². The molecule has 39 heavy (non-hydrogen) atoms. The van der Waals surface area contributed by atoms with E-state index in [1.807, 2.05) is 30.3 Å². The molecule has 6 rings (SSSR count). The molecule has 7 nitrogen and oxygen atoms in total. The number of Topliss-reactive ketones (excluding diaryl/α,β-unsaturated/α-hetero) is 1. The normalized spacial score (nSPS) is 16.3. The van der Waals surface area contributed by atoms with E-state index in [9.17, 15) is 9.59 Å². The molecular weight excluding hydrogens is 510 g/mol. The maximum Gasteiger partial charge on any atom is 0.258 e. The number of aromatic amines is 1. The summed E-state index contributed by atoms with van der Waals surface area (Å²) < 4.78 is 1.71. The molecule has 0 bridgehead atoms. The Morgan fingerprint density at radius 1 is 1.00 bits per heavy atom. The number of ketones is 1. The van der Waals surface area contributed by atoms with Crippen LogP contribution in [-0.2, 0) is 17.9 Å². The van der Waals surface area contributed by atoms with Gasteiger partial charge in [-0.05, 0) is 73.5 Å². The van der Waals surface area contributed by atoms with Gasteiger partial charge in [-0.2, -0.15) is 5.10 Å². The molecule has 1 saturated heterocycles. The topological polar surface area (TPSA) is 83.0 Å². The Morgan fingerprint density at radius 3 is 2.62 bits per heavy atom. The molecule has 1 aliphatic carbocycles. The summed E-state index contributed by atoms with van der Waals surface area (Å²) in [6.45, 7) is 3.79. The largest absolute Gasteiger partial charge is 0.354 e. The number of benzene rings is 2. The fraction of sp³-hybridized carbons (Fsp3) is 0.258. The maximum atomic E-state index is 12.9. The smallest absolute Gasteiger partial charge is 0.258 e. The van der Waals surface area contributed by atoms with E-state index >= 15 is 0 Å². The number of hydrogen-bond donors (Lipinski definition) is 2. The van der Waals surface area contributed by atoms with Crippen LogP contribution in [-0.4, -0.2) is 44.4 Å². The highest BCUT2D eigenvalue weighted by Crippen LogP contribution is 2.27. The van der Waals surface area contributed by atoms with Crippen molar-refractivity contribution in [2.24, 2.45) is 0 Å². The third-order valence-electron chi connectivity index (χ3n) is 7.35. The van der Waals surface area contributed by atoms with E-state index in [2.05, 4.69) is 38.5 Å². The number of carbonyl (C=O) groups excluding carboxylic acids is 2. The summed E-state index contributed by atoms with van der Waals surface area (Å²) in [5.74, 6) is -0.253. The lowest BCUT2D eigenvalue weighted by Gasteiger charge is -2.26. The number of allylic oxidation sites excluding steroid dienone is 3. The molecule has 0 saturated carbocycles. The number of hydrogen-bond acceptors (Lipinski definition) is 4. The first kappa shape index (κ1) is 25.3. The predicted octanol–water partition coefficient (Wildman–Crippen LogP) is 5.72. The van der Waals surface area contributed by atoms with Crippen LogP contribution in [0.1, 0.15) is 52.9 Å². The highest BCUT2D eigenvalue weighted by atomic mass is 35.5. The van der Waals surface area contributed by atoms with Gasteiger partial charge in [0.1, 0.15) is 0 Å². The van der Waals surface area contributed by atoms with Crippen LogP contribution >= 0.6 is 11.6 Å². The number of piperidine rings is 1. The van der Waals surface area contributed by atoms with Crippen molar-refractivity contribution in [1.29, 1.82) is 0 Å². The van der Waals surface area contributed by atoms with Crippen molar-refractivity contribution < 1.29 is 9.59 Å². The Balaban J connectivity index is 1.15. The van der Waals surface area contributed by atoms with Crippen molar-refractivity contribution in [2.45, 2.75) is 38.8 Å². The molecule has 0 atom stereocenters. The Bertz CT molecular complexity index is 1590. The number of likely N-dealkylation sites (tertiary alicyclic amines) is 1. The first-order valence-electron chi connectivity index (χ1n) is 13.4. The third kappa shape index (κ3) is 5.90. The minimum Gasteiger partial charge on any atom is -0.354 e. The van der Waals surface area contributed by atoms with Gasteiger partial charge in [0.05, 0.1) is 24.0 Å². The van der Waals surface area contributed by atoms with Crippen LogP contribution in [0.15, 0.2) is 78.8 Å². The molecule has 198 valence electrons. The lowest BCUT2D eigenvalue weighted by molar-refractivity contribution is -0.113. The number of fused-ring (bicyclic) bond motifs is 1. The molecule has 1 aliphatic heterocycles. The molecule has 2 aromatic carbocycles. The number of nitrogens with zero attached hydrogens (tertiary/aromatic N) is 3. The molecule has 1 fully saturated rings. The first-order valence-corrected chi connectivity index (χ1v) is 13.8. The molecule has 8 heteroatoms. The average molecular weight is 540 g/mol. The Kier molecular flexibility index (Phi) is 7.18. The van der Waals surface area contributed by atoms with E-state index in [0.29, 0.717) is 28.4 Å². The van der Waals surface area contributed by atoms with Crippen molar-refractivity contribution in [3.8, 4) is 0 Å². The van der Waals surface area contributed by atoms with E-state index in [1.165, 1.54) is 24.8 Å². The third-order valence-corrected chi connectivity index (χ3v) is 7.60. The van der Waals surface area contributed by atoms with Crippen LogP contribution in [0.5, 0.6) is 0 Å². The van der Waals surface area contributed by atoms with Gasteiger partial charge in [0.2, 0.25) is 0 Å². The lowest BCUT2D eigenvalue weighted by Crippen LogP contribution is -2.28. The molecule has 0 unspecified atom stereocenters. The summed E-state index contributed by atoms with van der Waals surface area (Å²) in [6, 6.07) is 16.0. The van der Waals surface area contributed by atoms with Crippen molar-refractivity contribution >= 4 is 39.8 Å². The van der Waals surface area contributed by atoms with Gasteiger partial charge in [-0.25, -0.2) is 0 Å². The SMILES string of the molecule is O=C1CC=C(NC(=O)c2cnn(Cc3ccc(Cl)cc3)c2)C=C1c1cc2cc(CN3CCCCC3)ccc2[nH]1. The Hall–Kier alpha value is -3.94. The van der Waals surface area contributed by atoms with Gasteiger partial charge in [0.15, 0.2) is 5.78 Å². The fourth-order valence-electron chi connectivity index (χ4n) is 5.27. The highest BCUT2D eigenvalue weighted by Gasteiger charge is 2.20. The van der Waals surface area contributed by atoms with Crippen LogP contribution < -0.4 is 5.32 Å². The summed E-state index contributed by atoms with van der Waals surface area (Å²) in [4.78, 5) is 31.7.